The molecule has 22 heavy (non-hydrogen) atoms. The van der Waals surface area contributed by atoms with Gasteiger partial charge in [0.15, 0.2) is 17.0 Å². The number of imidazole rings is 1. The predicted octanol–water partition coefficient (Wildman–Crippen LogP) is 3.19. The van der Waals surface area contributed by atoms with Crippen molar-refractivity contribution < 1.29 is 0 Å². The molecule has 0 atom stereocenters. The minimum absolute atomic E-state index is 0.581. The summed E-state index contributed by atoms with van der Waals surface area (Å²) in [6.07, 6.45) is 6.03. The second-order valence-corrected chi connectivity index (χ2v) is 5.75. The van der Waals surface area contributed by atoms with Crippen molar-refractivity contribution in [1.29, 1.82) is 0 Å². The zero-order valence-corrected chi connectivity index (χ0v) is 12.7. The Morgan fingerprint density at radius 3 is 2.68 bits per heavy atom. The van der Waals surface area contributed by atoms with Gasteiger partial charge in [-0.3, -0.25) is 0 Å². The second kappa shape index (κ2) is 5.40. The summed E-state index contributed by atoms with van der Waals surface area (Å²) < 4.78 is 2.19. The molecule has 1 saturated carbocycles. The highest BCUT2D eigenvalue weighted by atomic mass is 15.2. The van der Waals surface area contributed by atoms with E-state index in [9.17, 15) is 0 Å². The third kappa shape index (κ3) is 2.32. The van der Waals surface area contributed by atoms with E-state index in [1.54, 1.807) is 6.33 Å². The predicted molar refractivity (Wildman–Crippen MR) is 86.8 cm³/mol. The molecular weight excluding hydrogens is 274 g/mol. The number of hydrogen-bond acceptors (Lipinski definition) is 4. The van der Waals surface area contributed by atoms with E-state index in [2.05, 4.69) is 55.6 Å². The lowest BCUT2D eigenvalue weighted by molar-refractivity contribution is 0.756. The molecule has 1 aliphatic carbocycles. The Hall–Kier alpha value is -2.43. The van der Waals surface area contributed by atoms with E-state index in [4.69, 9.17) is 0 Å². The molecule has 0 amide bonds. The highest BCUT2D eigenvalue weighted by Gasteiger charge is 2.26. The molecule has 1 aromatic carbocycles. The van der Waals surface area contributed by atoms with Gasteiger partial charge in [-0.2, -0.15) is 0 Å². The molecule has 0 spiro atoms. The molecule has 1 aliphatic rings. The second-order valence-electron chi connectivity index (χ2n) is 5.75. The number of aromatic nitrogens is 4. The fraction of sp³-hybridized carbons (Fsp3) is 0.353. The summed E-state index contributed by atoms with van der Waals surface area (Å²) in [7, 11) is 0. The standard InChI is InChI=1S/C17H19N5/c1-2-21(10-13-6-4-3-5-7-13)16-15-17(19-11-18-16)22(12-20-15)14-8-9-14/h3-7,11-12,14H,2,8-10H2,1H3. The molecule has 1 fully saturated rings. The molecule has 2 heterocycles. The van der Waals surface area contributed by atoms with Crippen molar-refractivity contribution >= 4 is 17.0 Å². The number of benzene rings is 1. The molecule has 5 heteroatoms. The van der Waals surface area contributed by atoms with E-state index in [0.29, 0.717) is 6.04 Å². The molecule has 2 aromatic heterocycles. The van der Waals surface area contributed by atoms with Crippen LogP contribution in [0.4, 0.5) is 5.82 Å². The van der Waals surface area contributed by atoms with Crippen molar-refractivity contribution in [1.82, 2.24) is 19.5 Å². The number of anilines is 1. The van der Waals surface area contributed by atoms with Gasteiger partial charge in [0.05, 0.1) is 6.33 Å². The molecule has 3 aromatic rings. The fourth-order valence-electron chi connectivity index (χ4n) is 2.83. The first-order valence-corrected chi connectivity index (χ1v) is 7.83. The molecular formula is C17H19N5. The van der Waals surface area contributed by atoms with Crippen molar-refractivity contribution in [3.63, 3.8) is 0 Å². The lowest BCUT2D eigenvalue weighted by atomic mass is 10.2. The summed E-state index contributed by atoms with van der Waals surface area (Å²) in [5.74, 6) is 0.927. The Kier molecular flexibility index (Phi) is 3.25. The number of hydrogen-bond donors (Lipinski definition) is 0. The summed E-state index contributed by atoms with van der Waals surface area (Å²) in [6, 6.07) is 11.0. The van der Waals surface area contributed by atoms with Crippen LogP contribution in [0.1, 0.15) is 31.4 Å². The largest absolute Gasteiger partial charge is 0.351 e. The Bertz CT molecular complexity index is 776. The maximum atomic E-state index is 4.59. The van der Waals surface area contributed by atoms with Gasteiger partial charge in [0, 0.05) is 19.1 Å². The molecule has 112 valence electrons. The molecule has 0 aliphatic heterocycles. The van der Waals surface area contributed by atoms with E-state index < -0.39 is 0 Å². The Morgan fingerprint density at radius 2 is 1.95 bits per heavy atom. The molecule has 0 unspecified atom stereocenters. The summed E-state index contributed by atoms with van der Waals surface area (Å²) in [5.41, 5.74) is 3.14. The normalized spacial score (nSPS) is 14.4. The monoisotopic (exact) mass is 293 g/mol. The minimum Gasteiger partial charge on any atom is -0.351 e. The van der Waals surface area contributed by atoms with Gasteiger partial charge >= 0.3 is 0 Å². The summed E-state index contributed by atoms with van der Waals surface area (Å²) >= 11 is 0. The van der Waals surface area contributed by atoms with Crippen LogP contribution in [0.2, 0.25) is 0 Å². The summed E-state index contributed by atoms with van der Waals surface area (Å²) in [5, 5.41) is 0. The van der Waals surface area contributed by atoms with Crippen molar-refractivity contribution in [3.05, 3.63) is 48.5 Å². The van der Waals surface area contributed by atoms with Gasteiger partial charge in [-0.25, -0.2) is 15.0 Å². The summed E-state index contributed by atoms with van der Waals surface area (Å²) in [4.78, 5) is 15.8. The van der Waals surface area contributed by atoms with E-state index in [0.717, 1.165) is 30.1 Å². The fourth-order valence-corrected chi connectivity index (χ4v) is 2.83. The molecule has 0 bridgehead atoms. The molecule has 0 N–H and O–H groups in total. The van der Waals surface area contributed by atoms with Crippen LogP contribution in [0.5, 0.6) is 0 Å². The van der Waals surface area contributed by atoms with Gasteiger partial charge in [-0.1, -0.05) is 30.3 Å². The summed E-state index contributed by atoms with van der Waals surface area (Å²) in [6.45, 7) is 3.87. The van der Waals surface area contributed by atoms with Crippen molar-refractivity contribution in [2.75, 3.05) is 11.4 Å². The molecule has 4 rings (SSSR count). The van der Waals surface area contributed by atoms with E-state index in [1.165, 1.54) is 18.4 Å². The third-order valence-electron chi connectivity index (χ3n) is 4.18. The smallest absolute Gasteiger partial charge is 0.165 e. The first-order valence-electron chi connectivity index (χ1n) is 7.83. The first-order chi connectivity index (χ1) is 10.9. The van der Waals surface area contributed by atoms with E-state index >= 15 is 0 Å². The highest BCUT2D eigenvalue weighted by Crippen LogP contribution is 2.37. The third-order valence-corrected chi connectivity index (χ3v) is 4.18. The number of rotatable bonds is 5. The zero-order chi connectivity index (χ0) is 14.9. The lowest BCUT2D eigenvalue weighted by Gasteiger charge is -2.22. The SMILES string of the molecule is CCN(Cc1ccccc1)c1ncnc2c1ncn2C1CC1. The van der Waals surface area contributed by atoms with Crippen LogP contribution >= 0.6 is 0 Å². The van der Waals surface area contributed by atoms with E-state index in [1.807, 2.05) is 12.4 Å². The van der Waals surface area contributed by atoms with Crippen LogP contribution in [0.15, 0.2) is 43.0 Å². The van der Waals surface area contributed by atoms with Gasteiger partial charge < -0.3 is 9.47 Å². The van der Waals surface area contributed by atoms with Crippen molar-refractivity contribution in [2.24, 2.45) is 0 Å². The van der Waals surface area contributed by atoms with Crippen LogP contribution in [-0.4, -0.2) is 26.1 Å². The van der Waals surface area contributed by atoms with Gasteiger partial charge in [-0.15, -0.1) is 0 Å². The molecule has 0 radical (unpaired) electrons. The minimum atomic E-state index is 0.581. The molecule has 5 nitrogen and oxygen atoms in total. The molecule has 0 saturated heterocycles. The van der Waals surface area contributed by atoms with Gasteiger partial charge in [-0.05, 0) is 25.3 Å². The van der Waals surface area contributed by atoms with Crippen LogP contribution in [0, 0.1) is 0 Å². The Balaban J connectivity index is 1.72. The van der Waals surface area contributed by atoms with Crippen LogP contribution < -0.4 is 4.90 Å². The average molecular weight is 293 g/mol. The number of nitrogens with zero attached hydrogens (tertiary/aromatic N) is 5. The Morgan fingerprint density at radius 1 is 1.14 bits per heavy atom. The zero-order valence-electron chi connectivity index (χ0n) is 12.7. The maximum Gasteiger partial charge on any atom is 0.165 e. The van der Waals surface area contributed by atoms with Crippen LogP contribution in [0.3, 0.4) is 0 Å². The van der Waals surface area contributed by atoms with E-state index in [-0.39, 0.29) is 0 Å². The topological polar surface area (TPSA) is 46.8 Å². The Labute approximate surface area is 129 Å². The van der Waals surface area contributed by atoms with Crippen molar-refractivity contribution in [2.45, 2.75) is 32.4 Å². The van der Waals surface area contributed by atoms with Crippen LogP contribution in [-0.2, 0) is 6.54 Å². The van der Waals surface area contributed by atoms with Gasteiger partial charge in [0.2, 0.25) is 0 Å². The lowest BCUT2D eigenvalue weighted by Crippen LogP contribution is -2.23. The van der Waals surface area contributed by atoms with Crippen LogP contribution in [0.25, 0.3) is 11.2 Å². The van der Waals surface area contributed by atoms with Gasteiger partial charge in [0.25, 0.3) is 0 Å². The average Bonchev–Trinajstić information content (AvgIpc) is 3.32. The number of fused-ring (bicyclic) bond motifs is 1. The van der Waals surface area contributed by atoms with Gasteiger partial charge in [0.1, 0.15) is 6.33 Å². The quantitative estimate of drug-likeness (QED) is 0.725. The first kappa shape index (κ1) is 13.2. The highest BCUT2D eigenvalue weighted by molar-refractivity contribution is 5.83. The maximum absolute atomic E-state index is 4.59. The van der Waals surface area contributed by atoms with Crippen molar-refractivity contribution in [3.8, 4) is 0 Å².